The molecule has 0 fully saturated rings. The van der Waals surface area contributed by atoms with Crippen LogP contribution in [-0.4, -0.2) is 0 Å². The number of rotatable bonds is 7. The van der Waals surface area contributed by atoms with Gasteiger partial charge < -0.3 is 9.32 Å². The minimum atomic E-state index is -0.125. The second-order valence-corrected chi connectivity index (χ2v) is 17.2. The van der Waals surface area contributed by atoms with Gasteiger partial charge in [-0.3, -0.25) is 0 Å². The van der Waals surface area contributed by atoms with Crippen molar-refractivity contribution in [3.63, 3.8) is 0 Å². The molecule has 0 spiro atoms. The van der Waals surface area contributed by atoms with Gasteiger partial charge >= 0.3 is 0 Å². The third-order valence-corrected chi connectivity index (χ3v) is 13.3. The third-order valence-electron chi connectivity index (χ3n) is 13.3. The molecule has 0 saturated heterocycles. The number of fused-ring (bicyclic) bond motifs is 8. The lowest BCUT2D eigenvalue weighted by molar-refractivity contribution is 0.660. The molecule has 0 bridgehead atoms. The van der Waals surface area contributed by atoms with Crippen LogP contribution < -0.4 is 4.90 Å². The summed E-state index contributed by atoms with van der Waals surface area (Å²) in [6.07, 6.45) is 0. The Hall–Kier alpha value is -7.94. The van der Waals surface area contributed by atoms with E-state index >= 15 is 0 Å². The van der Waals surface area contributed by atoms with E-state index in [4.69, 9.17) is 4.42 Å². The second kappa shape index (κ2) is 14.6. The van der Waals surface area contributed by atoms with Gasteiger partial charge in [-0.15, -0.1) is 0 Å². The van der Waals surface area contributed by atoms with Crippen LogP contribution in [0.1, 0.15) is 25.0 Å². The fourth-order valence-electron chi connectivity index (χ4n) is 10.2. The summed E-state index contributed by atoms with van der Waals surface area (Å²) >= 11 is 0. The highest BCUT2D eigenvalue weighted by atomic mass is 16.3. The SMILES string of the molecule is CC1(C)c2ccccc2-c2ccc(N(c3ccc(-c4ccccc4)cc3)c3ccc(-c4c(-c5ccccc5)ccc5oc6c7ccccc7c(-c7ccccc7)cc6c45)cc3)cc21. The van der Waals surface area contributed by atoms with E-state index in [1.165, 1.54) is 61.0 Å². The number of nitrogens with zero attached hydrogens (tertiary/aromatic N) is 1. The highest BCUT2D eigenvalue weighted by molar-refractivity contribution is 6.23. The molecule has 0 N–H and O–H groups in total. The van der Waals surface area contributed by atoms with E-state index in [1.54, 1.807) is 0 Å². The molecule has 63 heavy (non-hydrogen) atoms. The van der Waals surface area contributed by atoms with Crippen LogP contribution in [0.2, 0.25) is 0 Å². The van der Waals surface area contributed by atoms with Gasteiger partial charge in [0.15, 0.2) is 0 Å². The normalized spacial score (nSPS) is 12.7. The van der Waals surface area contributed by atoms with Crippen LogP contribution in [0.4, 0.5) is 17.1 Å². The van der Waals surface area contributed by atoms with Crippen molar-refractivity contribution < 1.29 is 4.42 Å². The van der Waals surface area contributed by atoms with Gasteiger partial charge in [0, 0.05) is 44.2 Å². The summed E-state index contributed by atoms with van der Waals surface area (Å²) in [6, 6.07) is 81.5. The molecular formula is C61H43NO. The molecule has 11 aromatic rings. The van der Waals surface area contributed by atoms with Crippen molar-refractivity contribution >= 4 is 49.8 Å². The Morgan fingerprint density at radius 3 is 1.54 bits per heavy atom. The van der Waals surface area contributed by atoms with Gasteiger partial charge in [-0.05, 0) is 115 Å². The zero-order valence-corrected chi connectivity index (χ0v) is 35.2. The number of benzene rings is 10. The van der Waals surface area contributed by atoms with Crippen LogP contribution in [0.3, 0.4) is 0 Å². The van der Waals surface area contributed by atoms with Gasteiger partial charge in [0.05, 0.1) is 0 Å². The first-order valence-electron chi connectivity index (χ1n) is 21.8. The fourth-order valence-corrected chi connectivity index (χ4v) is 10.2. The summed E-state index contributed by atoms with van der Waals surface area (Å²) in [5.74, 6) is 0. The highest BCUT2D eigenvalue weighted by Crippen LogP contribution is 2.51. The Labute approximate surface area is 368 Å². The maximum Gasteiger partial charge on any atom is 0.143 e. The molecule has 0 aliphatic heterocycles. The molecule has 2 heteroatoms. The Kier molecular flexibility index (Phi) is 8.55. The molecule has 0 amide bonds. The van der Waals surface area contributed by atoms with Gasteiger partial charge in [-0.25, -0.2) is 0 Å². The summed E-state index contributed by atoms with van der Waals surface area (Å²) in [5.41, 5.74) is 19.7. The van der Waals surface area contributed by atoms with Crippen LogP contribution in [0.5, 0.6) is 0 Å². The zero-order chi connectivity index (χ0) is 42.1. The van der Waals surface area contributed by atoms with E-state index in [2.05, 4.69) is 243 Å². The molecule has 0 radical (unpaired) electrons. The van der Waals surface area contributed by atoms with Gasteiger partial charge in [0.25, 0.3) is 0 Å². The molecule has 1 aromatic heterocycles. The minimum absolute atomic E-state index is 0.125. The molecular weight excluding hydrogens is 763 g/mol. The van der Waals surface area contributed by atoms with Crippen molar-refractivity contribution in [2.75, 3.05) is 4.90 Å². The third kappa shape index (κ3) is 6.02. The molecule has 0 unspecified atom stereocenters. The van der Waals surface area contributed by atoms with E-state index in [1.807, 2.05) is 0 Å². The summed E-state index contributed by atoms with van der Waals surface area (Å²) in [6.45, 7) is 4.71. The summed E-state index contributed by atoms with van der Waals surface area (Å²) in [7, 11) is 0. The topological polar surface area (TPSA) is 16.4 Å². The highest BCUT2D eigenvalue weighted by Gasteiger charge is 2.35. The van der Waals surface area contributed by atoms with E-state index in [-0.39, 0.29) is 5.41 Å². The zero-order valence-electron chi connectivity index (χ0n) is 35.2. The first kappa shape index (κ1) is 36.9. The molecule has 1 aliphatic carbocycles. The standard InChI is InChI=1S/C61H43NO/c1-61(2)55-25-15-14-23-50(55)51-35-34-47(38-56(51)61)62(45-30-26-41(27-31-45)40-16-6-3-7-17-40)46-32-28-44(29-33-46)58-48(42-18-8-4-9-19-42)36-37-57-59(58)54-39-53(43-20-10-5-11-21-43)49-22-12-13-24-52(49)60(54)63-57/h3-39H,1-2H3. The van der Waals surface area contributed by atoms with E-state index in [9.17, 15) is 0 Å². The molecule has 1 heterocycles. The molecule has 0 saturated carbocycles. The lowest BCUT2D eigenvalue weighted by Crippen LogP contribution is -2.16. The summed E-state index contributed by atoms with van der Waals surface area (Å²) < 4.78 is 6.90. The monoisotopic (exact) mass is 805 g/mol. The van der Waals surface area contributed by atoms with E-state index in [0.29, 0.717) is 0 Å². The van der Waals surface area contributed by atoms with Crippen molar-refractivity contribution in [2.45, 2.75) is 19.3 Å². The summed E-state index contributed by atoms with van der Waals surface area (Å²) in [5, 5.41) is 4.53. The quantitative estimate of drug-likeness (QED) is 0.160. The van der Waals surface area contributed by atoms with Crippen molar-refractivity contribution in [3.8, 4) is 55.6 Å². The smallest absolute Gasteiger partial charge is 0.143 e. The van der Waals surface area contributed by atoms with Crippen molar-refractivity contribution in [2.24, 2.45) is 0 Å². The van der Waals surface area contributed by atoms with Crippen LogP contribution in [0, 0.1) is 0 Å². The molecule has 10 aromatic carbocycles. The average Bonchev–Trinajstić information content (AvgIpc) is 3.84. The lowest BCUT2D eigenvalue weighted by Gasteiger charge is -2.28. The second-order valence-electron chi connectivity index (χ2n) is 17.2. The van der Waals surface area contributed by atoms with Gasteiger partial charge in [-0.2, -0.15) is 0 Å². The van der Waals surface area contributed by atoms with Crippen molar-refractivity contribution in [1.29, 1.82) is 0 Å². The Bertz CT molecular complexity index is 3490. The lowest BCUT2D eigenvalue weighted by atomic mass is 9.82. The van der Waals surface area contributed by atoms with Gasteiger partial charge in [-0.1, -0.05) is 190 Å². The number of hydrogen-bond acceptors (Lipinski definition) is 2. The molecule has 1 aliphatic rings. The van der Waals surface area contributed by atoms with Crippen LogP contribution in [0.15, 0.2) is 229 Å². The molecule has 298 valence electrons. The van der Waals surface area contributed by atoms with Gasteiger partial charge in [0.1, 0.15) is 11.2 Å². The van der Waals surface area contributed by atoms with Crippen molar-refractivity contribution in [3.05, 3.63) is 236 Å². The summed E-state index contributed by atoms with van der Waals surface area (Å²) in [4.78, 5) is 2.40. The maximum absolute atomic E-state index is 6.90. The predicted octanol–water partition coefficient (Wildman–Crippen LogP) is 17.2. The van der Waals surface area contributed by atoms with E-state index < -0.39 is 0 Å². The average molecular weight is 806 g/mol. The molecule has 2 nitrogen and oxygen atoms in total. The first-order chi connectivity index (χ1) is 31.0. The predicted molar refractivity (Wildman–Crippen MR) is 265 cm³/mol. The van der Waals surface area contributed by atoms with Crippen LogP contribution in [-0.2, 0) is 5.41 Å². The Morgan fingerprint density at radius 2 is 0.857 bits per heavy atom. The first-order valence-corrected chi connectivity index (χ1v) is 21.8. The number of hydrogen-bond donors (Lipinski definition) is 0. The number of anilines is 3. The maximum atomic E-state index is 6.90. The largest absolute Gasteiger partial charge is 0.455 e. The fraction of sp³-hybridized carbons (Fsp3) is 0.0492. The molecule has 12 rings (SSSR count). The van der Waals surface area contributed by atoms with E-state index in [0.717, 1.165) is 55.5 Å². The van der Waals surface area contributed by atoms with Crippen LogP contribution >= 0.6 is 0 Å². The minimum Gasteiger partial charge on any atom is -0.455 e. The van der Waals surface area contributed by atoms with Crippen LogP contribution in [0.25, 0.3) is 88.3 Å². The number of furan rings is 1. The molecule has 0 atom stereocenters. The van der Waals surface area contributed by atoms with Crippen molar-refractivity contribution in [1.82, 2.24) is 0 Å². The van der Waals surface area contributed by atoms with Gasteiger partial charge in [0.2, 0.25) is 0 Å². The Morgan fingerprint density at radius 1 is 0.349 bits per heavy atom. The Balaban J connectivity index is 1.05.